The highest BCUT2D eigenvalue weighted by atomic mass is 16.6. The van der Waals surface area contributed by atoms with Crippen molar-refractivity contribution in [2.75, 3.05) is 27.4 Å². The van der Waals surface area contributed by atoms with Gasteiger partial charge in [0.2, 0.25) is 5.89 Å². The Bertz CT molecular complexity index is 1220. The summed E-state index contributed by atoms with van der Waals surface area (Å²) in [5.74, 6) is -0.356. The Morgan fingerprint density at radius 3 is 2.53 bits per heavy atom. The number of hydrogen-bond donors (Lipinski definition) is 2. The molecule has 3 fully saturated rings. The van der Waals surface area contributed by atoms with E-state index in [0.29, 0.717) is 44.4 Å². The first-order chi connectivity index (χ1) is 23.8. The first-order valence-electron chi connectivity index (χ1n) is 17.8. The van der Waals surface area contributed by atoms with E-state index in [9.17, 15) is 19.5 Å². The molecule has 1 aromatic heterocycles. The van der Waals surface area contributed by atoms with Crippen molar-refractivity contribution in [3.63, 3.8) is 0 Å². The molecule has 3 saturated heterocycles. The van der Waals surface area contributed by atoms with Crippen molar-refractivity contribution in [1.29, 1.82) is 0 Å². The van der Waals surface area contributed by atoms with Crippen molar-refractivity contribution >= 4 is 24.1 Å². The highest BCUT2D eigenvalue weighted by molar-refractivity contribution is 5.82. The van der Waals surface area contributed by atoms with Crippen LogP contribution in [0.4, 0.5) is 4.79 Å². The van der Waals surface area contributed by atoms with Gasteiger partial charge in [-0.2, -0.15) is 0 Å². The number of fused-ring (bicyclic) bond motifs is 4. The number of methoxy groups -OCH3 is 2. The lowest BCUT2D eigenvalue weighted by Crippen LogP contribution is -2.42. The zero-order chi connectivity index (χ0) is 34.8. The summed E-state index contributed by atoms with van der Waals surface area (Å²) in [6.07, 6.45) is 16.5. The van der Waals surface area contributed by atoms with Gasteiger partial charge in [-0.25, -0.2) is 14.6 Å². The number of ether oxygens (including phenoxy) is 6. The number of allylic oxidation sites excluding steroid dienone is 1. The lowest BCUT2D eigenvalue weighted by molar-refractivity contribution is -0.171. The van der Waals surface area contributed by atoms with Gasteiger partial charge in [-0.3, -0.25) is 4.79 Å². The van der Waals surface area contributed by atoms with Gasteiger partial charge in [-0.1, -0.05) is 18.6 Å². The number of aryl methyl sites for hydroxylation is 1. The van der Waals surface area contributed by atoms with Crippen LogP contribution in [-0.4, -0.2) is 98.2 Å². The SMILES string of the molecule is COC(=O)NC/C=C\c1nc(CC/C=C\C(=O)O[C@@H]2C[C@H]3C[C@@H](OC)C[C@@H]4CCC[C@@H](C[C@@H](CCCCCO)OC(=O)C[C@@H](C2)O3)O4)co1. The zero-order valence-corrected chi connectivity index (χ0v) is 28.9. The van der Waals surface area contributed by atoms with Crippen LogP contribution < -0.4 is 5.32 Å². The van der Waals surface area contributed by atoms with Crippen molar-refractivity contribution < 1.29 is 52.3 Å². The lowest BCUT2D eigenvalue weighted by atomic mass is 9.91. The standard InChI is InChI=1S/C36H54N2O11/c1-43-29-19-27-13-8-12-26(46-27)18-28(11-4-3-7-17-39)48-35(41)23-32-22-31(21-30(20-29)47-32)49-34(40)15-6-5-10-25-24-45-33(38-25)14-9-16-37-36(42)44-2/h6,9,14-15,24,26-32,39H,3-5,7-8,10-13,16-23H2,1-2H3,(H,37,42)/b14-9-,15-6-/t26-,27-,28+,29-,30+,31+,32+/m0/s1. The molecule has 0 radical (unpaired) electrons. The predicted molar refractivity (Wildman–Crippen MR) is 178 cm³/mol. The van der Waals surface area contributed by atoms with E-state index < -0.39 is 24.3 Å². The molecule has 3 aliphatic rings. The molecule has 0 aliphatic carbocycles. The molecule has 0 unspecified atom stereocenters. The molecule has 4 heterocycles. The van der Waals surface area contributed by atoms with E-state index in [4.69, 9.17) is 28.1 Å². The van der Waals surface area contributed by atoms with Crippen molar-refractivity contribution in [3.05, 3.63) is 36.1 Å². The van der Waals surface area contributed by atoms with Crippen LogP contribution in [0.25, 0.3) is 6.08 Å². The number of aliphatic hydroxyl groups excluding tert-OH is 1. The van der Waals surface area contributed by atoms with Gasteiger partial charge in [0.05, 0.1) is 49.7 Å². The summed E-state index contributed by atoms with van der Waals surface area (Å²) in [4.78, 5) is 41.5. The minimum absolute atomic E-state index is 0.0428. The molecule has 274 valence electrons. The molecule has 49 heavy (non-hydrogen) atoms. The number of esters is 2. The number of cyclic esters (lactones) is 1. The number of hydrogen-bond acceptors (Lipinski definition) is 12. The van der Waals surface area contributed by atoms with Crippen molar-refractivity contribution in [2.45, 2.75) is 139 Å². The molecule has 13 heteroatoms. The molecule has 0 saturated carbocycles. The number of aliphatic hydroxyl groups is 1. The number of aromatic nitrogens is 1. The van der Waals surface area contributed by atoms with Gasteiger partial charge >= 0.3 is 18.0 Å². The Hall–Kier alpha value is -3.26. The molecular weight excluding hydrogens is 636 g/mol. The van der Waals surface area contributed by atoms with Crippen LogP contribution in [0.3, 0.4) is 0 Å². The number of rotatable bonds is 14. The van der Waals surface area contributed by atoms with Crippen LogP contribution in [0.15, 0.2) is 28.9 Å². The van der Waals surface area contributed by atoms with Gasteiger partial charge in [0.1, 0.15) is 18.5 Å². The number of alkyl carbamates (subject to hydrolysis) is 1. The van der Waals surface area contributed by atoms with Crippen molar-refractivity contribution in [2.24, 2.45) is 0 Å². The molecule has 4 rings (SSSR count). The zero-order valence-electron chi connectivity index (χ0n) is 28.9. The fraction of sp³-hybridized carbons (Fsp3) is 0.722. The minimum atomic E-state index is -0.520. The van der Waals surface area contributed by atoms with Gasteiger partial charge in [0.15, 0.2) is 0 Å². The normalized spacial score (nSPS) is 28.1. The summed E-state index contributed by atoms with van der Waals surface area (Å²) in [7, 11) is 3.00. The van der Waals surface area contributed by atoms with E-state index in [1.165, 1.54) is 13.2 Å². The van der Waals surface area contributed by atoms with E-state index in [-0.39, 0.29) is 56.1 Å². The van der Waals surface area contributed by atoms with Crippen LogP contribution in [0.1, 0.15) is 101 Å². The quantitative estimate of drug-likeness (QED) is 0.117. The number of amides is 1. The highest BCUT2D eigenvalue weighted by Gasteiger charge is 2.37. The number of unbranched alkanes of at least 4 members (excludes halogenated alkanes) is 2. The summed E-state index contributed by atoms with van der Waals surface area (Å²) < 4.78 is 40.6. The van der Waals surface area contributed by atoms with Gasteiger partial charge in [0.25, 0.3) is 0 Å². The maximum absolute atomic E-state index is 13.2. The van der Waals surface area contributed by atoms with E-state index in [2.05, 4.69) is 15.0 Å². The molecule has 0 spiro atoms. The van der Waals surface area contributed by atoms with Gasteiger partial charge in [-0.05, 0) is 70.3 Å². The van der Waals surface area contributed by atoms with Gasteiger partial charge in [0, 0.05) is 45.6 Å². The third-order valence-corrected chi connectivity index (χ3v) is 9.14. The minimum Gasteiger partial charge on any atom is -0.462 e. The predicted octanol–water partition coefficient (Wildman–Crippen LogP) is 4.98. The second kappa shape index (κ2) is 21.1. The van der Waals surface area contributed by atoms with Crippen LogP contribution in [0, 0.1) is 0 Å². The maximum atomic E-state index is 13.2. The molecule has 3 aliphatic heterocycles. The third kappa shape index (κ3) is 14.2. The number of nitrogens with zero attached hydrogens (tertiary/aromatic N) is 1. The fourth-order valence-corrected chi connectivity index (χ4v) is 6.75. The van der Waals surface area contributed by atoms with Crippen LogP contribution >= 0.6 is 0 Å². The molecule has 13 nitrogen and oxygen atoms in total. The Kier molecular flexibility index (Phi) is 16.6. The van der Waals surface area contributed by atoms with E-state index in [0.717, 1.165) is 57.1 Å². The number of carbonyl (C=O) groups excluding carboxylic acids is 3. The topological polar surface area (TPSA) is 165 Å². The largest absolute Gasteiger partial charge is 0.462 e. The van der Waals surface area contributed by atoms with E-state index in [1.807, 2.05) is 0 Å². The summed E-state index contributed by atoms with van der Waals surface area (Å²) >= 11 is 0. The van der Waals surface area contributed by atoms with Crippen LogP contribution in [0.2, 0.25) is 0 Å². The fourth-order valence-electron chi connectivity index (χ4n) is 6.75. The average molecular weight is 691 g/mol. The van der Waals surface area contributed by atoms with Crippen LogP contribution in [-0.2, 0) is 44.4 Å². The number of nitrogens with one attached hydrogen (secondary N) is 1. The number of carbonyl (C=O) groups is 3. The van der Waals surface area contributed by atoms with Crippen molar-refractivity contribution in [3.8, 4) is 0 Å². The molecule has 2 N–H and O–H groups in total. The second-order valence-corrected chi connectivity index (χ2v) is 13.1. The molecule has 1 amide bonds. The maximum Gasteiger partial charge on any atom is 0.407 e. The summed E-state index contributed by atoms with van der Waals surface area (Å²) in [6, 6.07) is 0. The molecular formula is C36H54N2O11. The average Bonchev–Trinajstić information content (AvgIpc) is 3.53. The second-order valence-electron chi connectivity index (χ2n) is 13.1. The Balaban J connectivity index is 1.31. The van der Waals surface area contributed by atoms with E-state index in [1.54, 1.807) is 31.6 Å². The smallest absolute Gasteiger partial charge is 0.407 e. The van der Waals surface area contributed by atoms with Crippen LogP contribution in [0.5, 0.6) is 0 Å². The highest BCUT2D eigenvalue weighted by Crippen LogP contribution is 2.32. The Labute approximate surface area is 289 Å². The van der Waals surface area contributed by atoms with E-state index >= 15 is 0 Å². The number of oxazole rings is 1. The Morgan fingerprint density at radius 2 is 1.73 bits per heavy atom. The lowest BCUT2D eigenvalue weighted by Gasteiger charge is -2.38. The first kappa shape index (κ1) is 38.5. The van der Waals surface area contributed by atoms with Crippen molar-refractivity contribution in [1.82, 2.24) is 10.3 Å². The molecule has 1 aromatic rings. The monoisotopic (exact) mass is 690 g/mol. The molecule has 7 atom stereocenters. The molecule has 0 aromatic carbocycles. The Morgan fingerprint density at radius 1 is 0.980 bits per heavy atom. The summed E-state index contributed by atoms with van der Waals surface area (Å²) in [6.45, 7) is 0.437. The third-order valence-electron chi connectivity index (χ3n) is 9.14. The first-order valence-corrected chi connectivity index (χ1v) is 17.8. The summed E-state index contributed by atoms with van der Waals surface area (Å²) in [5.41, 5.74) is 0.731. The van der Waals surface area contributed by atoms with Gasteiger partial charge in [-0.15, -0.1) is 0 Å². The molecule has 4 bridgehead atoms. The summed E-state index contributed by atoms with van der Waals surface area (Å²) in [5, 5.41) is 11.7. The van der Waals surface area contributed by atoms with Gasteiger partial charge < -0.3 is 43.3 Å².